The van der Waals surface area contributed by atoms with Crippen LogP contribution in [0.1, 0.15) is 30.6 Å². The van der Waals surface area contributed by atoms with Gasteiger partial charge >= 0.3 is 0 Å². The second kappa shape index (κ2) is 9.76. The summed E-state index contributed by atoms with van der Waals surface area (Å²) in [5, 5.41) is 2.24. The number of nitrogens with zero attached hydrogens (tertiary/aromatic N) is 3. The average molecular weight is 520 g/mol. The molecule has 3 aromatic carbocycles. The molecule has 2 atom stereocenters. The molecule has 8 heteroatoms. The molecular formula is C28H29N3O3S2. The van der Waals surface area contributed by atoms with Crippen LogP contribution in [-0.2, 0) is 16.6 Å². The Balaban J connectivity index is 1.49. The molecule has 1 aliphatic heterocycles. The van der Waals surface area contributed by atoms with Crippen molar-refractivity contribution in [2.45, 2.75) is 31.7 Å². The molecule has 0 spiro atoms. The molecule has 1 saturated heterocycles. The minimum atomic E-state index is -3.60. The van der Waals surface area contributed by atoms with E-state index in [2.05, 4.69) is 43.6 Å². The molecule has 2 heterocycles. The van der Waals surface area contributed by atoms with Crippen LogP contribution in [0.4, 0.5) is 0 Å². The Hall–Kier alpha value is -3.07. The molecule has 5 rings (SSSR count). The molecule has 0 bridgehead atoms. The van der Waals surface area contributed by atoms with Crippen molar-refractivity contribution in [3.8, 4) is 0 Å². The van der Waals surface area contributed by atoms with E-state index in [0.29, 0.717) is 41.8 Å². The standard InChI is InChI=1S/C28H29N3O3S2/c1-4-15-31-25-14-11-21-7-5-6-8-24(21)26(25)35-28(31)29-27(32)22-9-12-23(13-10-22)36(33,34)30-17-19(2)16-20(3)18-30/h4-14,19-20H,1,15-18H2,2-3H3. The number of piperidine rings is 1. The van der Waals surface area contributed by atoms with Crippen molar-refractivity contribution >= 4 is 48.3 Å². The maximum Gasteiger partial charge on any atom is 0.279 e. The largest absolute Gasteiger partial charge is 0.312 e. The molecule has 186 valence electrons. The molecule has 1 fully saturated rings. The van der Waals surface area contributed by atoms with E-state index in [1.807, 2.05) is 22.8 Å². The van der Waals surface area contributed by atoms with Crippen LogP contribution in [0, 0.1) is 11.8 Å². The number of rotatable bonds is 5. The van der Waals surface area contributed by atoms with Crippen LogP contribution in [-0.4, -0.2) is 36.3 Å². The van der Waals surface area contributed by atoms with Gasteiger partial charge in [-0.3, -0.25) is 4.79 Å². The zero-order chi connectivity index (χ0) is 25.4. The summed E-state index contributed by atoms with van der Waals surface area (Å²) in [5.41, 5.74) is 1.35. The summed E-state index contributed by atoms with van der Waals surface area (Å²) in [4.78, 5) is 18.3. The van der Waals surface area contributed by atoms with Gasteiger partial charge in [0.05, 0.1) is 15.1 Å². The van der Waals surface area contributed by atoms with Crippen molar-refractivity contribution in [2.75, 3.05) is 13.1 Å². The molecule has 36 heavy (non-hydrogen) atoms. The Kier molecular flexibility index (Phi) is 6.68. The van der Waals surface area contributed by atoms with E-state index in [1.54, 1.807) is 22.5 Å². The first kappa shape index (κ1) is 24.6. The highest BCUT2D eigenvalue weighted by Crippen LogP contribution is 2.28. The third-order valence-electron chi connectivity index (χ3n) is 6.66. The average Bonchev–Trinajstić information content (AvgIpc) is 3.21. The van der Waals surface area contributed by atoms with Gasteiger partial charge in [-0.25, -0.2) is 8.42 Å². The smallest absolute Gasteiger partial charge is 0.279 e. The lowest BCUT2D eigenvalue weighted by Gasteiger charge is -2.34. The maximum absolute atomic E-state index is 13.2. The molecule has 4 aromatic rings. The first-order chi connectivity index (χ1) is 17.3. The van der Waals surface area contributed by atoms with Crippen LogP contribution in [0.25, 0.3) is 21.0 Å². The number of hydrogen-bond donors (Lipinski definition) is 0. The summed E-state index contributed by atoms with van der Waals surface area (Å²) in [7, 11) is -3.60. The number of carbonyl (C=O) groups is 1. The van der Waals surface area contributed by atoms with Crippen molar-refractivity contribution in [2.24, 2.45) is 16.8 Å². The Labute approximate surface area is 215 Å². The number of aromatic nitrogens is 1. The van der Waals surface area contributed by atoms with Crippen molar-refractivity contribution in [3.05, 3.63) is 83.7 Å². The first-order valence-electron chi connectivity index (χ1n) is 12.1. The minimum absolute atomic E-state index is 0.204. The van der Waals surface area contributed by atoms with Gasteiger partial charge in [0.2, 0.25) is 10.0 Å². The number of thiazole rings is 1. The lowest BCUT2D eigenvalue weighted by Crippen LogP contribution is -2.42. The fourth-order valence-electron chi connectivity index (χ4n) is 5.06. The molecule has 0 aliphatic carbocycles. The zero-order valence-electron chi connectivity index (χ0n) is 20.4. The van der Waals surface area contributed by atoms with Crippen LogP contribution < -0.4 is 4.80 Å². The third kappa shape index (κ3) is 4.56. The third-order valence-corrected chi connectivity index (χ3v) is 9.63. The van der Waals surface area contributed by atoms with Crippen LogP contribution in [0.15, 0.2) is 83.2 Å². The summed E-state index contributed by atoms with van der Waals surface area (Å²) in [6, 6.07) is 18.4. The van der Waals surface area contributed by atoms with Gasteiger partial charge in [0.15, 0.2) is 4.80 Å². The fourth-order valence-corrected chi connectivity index (χ4v) is 7.91. The molecule has 0 N–H and O–H groups in total. The van der Waals surface area contributed by atoms with Crippen LogP contribution in [0.2, 0.25) is 0 Å². The number of sulfonamides is 1. The summed E-state index contributed by atoms with van der Waals surface area (Å²) in [6.07, 6.45) is 2.81. The fraction of sp³-hybridized carbons (Fsp3) is 0.286. The number of fused-ring (bicyclic) bond motifs is 3. The number of carbonyl (C=O) groups excluding carboxylic acids is 1. The first-order valence-corrected chi connectivity index (χ1v) is 14.3. The van der Waals surface area contributed by atoms with Crippen LogP contribution in [0.5, 0.6) is 0 Å². The number of allylic oxidation sites excluding steroid dienone is 1. The van der Waals surface area contributed by atoms with E-state index < -0.39 is 15.9 Å². The normalized spacial score (nSPS) is 19.7. The van der Waals surface area contributed by atoms with E-state index >= 15 is 0 Å². The van der Waals surface area contributed by atoms with Gasteiger partial charge in [0, 0.05) is 30.6 Å². The zero-order valence-corrected chi connectivity index (χ0v) is 22.1. The molecule has 1 amide bonds. The maximum atomic E-state index is 13.2. The Morgan fingerprint density at radius 2 is 1.75 bits per heavy atom. The Morgan fingerprint density at radius 1 is 1.06 bits per heavy atom. The van der Waals surface area contributed by atoms with Gasteiger partial charge in [-0.2, -0.15) is 9.30 Å². The number of benzene rings is 3. The van der Waals surface area contributed by atoms with Gasteiger partial charge < -0.3 is 4.57 Å². The van der Waals surface area contributed by atoms with Gasteiger partial charge in [0.25, 0.3) is 5.91 Å². The highest BCUT2D eigenvalue weighted by molar-refractivity contribution is 7.89. The van der Waals surface area contributed by atoms with E-state index in [1.165, 1.54) is 23.5 Å². The van der Waals surface area contributed by atoms with E-state index in [9.17, 15) is 13.2 Å². The second-order valence-electron chi connectivity index (χ2n) is 9.63. The lowest BCUT2D eigenvalue weighted by atomic mass is 9.94. The van der Waals surface area contributed by atoms with Crippen LogP contribution in [0.3, 0.4) is 0 Å². The topological polar surface area (TPSA) is 71.7 Å². The quantitative estimate of drug-likeness (QED) is 0.329. The predicted octanol–water partition coefficient (Wildman–Crippen LogP) is 5.45. The summed E-state index contributed by atoms with van der Waals surface area (Å²) in [6.45, 7) is 9.58. The highest BCUT2D eigenvalue weighted by atomic mass is 32.2. The van der Waals surface area contributed by atoms with Crippen molar-refractivity contribution in [3.63, 3.8) is 0 Å². The highest BCUT2D eigenvalue weighted by Gasteiger charge is 2.31. The SMILES string of the molecule is C=CCn1c(=NC(=O)c2ccc(S(=O)(=O)N3CC(C)CC(C)C3)cc2)sc2c3ccccc3ccc21. The summed E-state index contributed by atoms with van der Waals surface area (Å²) < 4.78 is 31.0. The summed E-state index contributed by atoms with van der Waals surface area (Å²) in [5.74, 6) is 0.237. The summed E-state index contributed by atoms with van der Waals surface area (Å²) >= 11 is 1.47. The molecule has 0 saturated carbocycles. The Morgan fingerprint density at radius 3 is 2.44 bits per heavy atom. The minimum Gasteiger partial charge on any atom is -0.312 e. The molecule has 2 unspecified atom stereocenters. The van der Waals surface area contributed by atoms with Crippen LogP contribution >= 0.6 is 11.3 Å². The van der Waals surface area contributed by atoms with Crippen molar-refractivity contribution in [1.82, 2.24) is 8.87 Å². The number of amides is 1. The molecule has 0 radical (unpaired) electrons. The van der Waals surface area contributed by atoms with E-state index in [0.717, 1.165) is 27.4 Å². The van der Waals surface area contributed by atoms with E-state index in [-0.39, 0.29) is 4.90 Å². The molecular weight excluding hydrogens is 490 g/mol. The van der Waals surface area contributed by atoms with Crippen molar-refractivity contribution in [1.29, 1.82) is 0 Å². The van der Waals surface area contributed by atoms with Gasteiger partial charge in [-0.15, -0.1) is 6.58 Å². The monoisotopic (exact) mass is 519 g/mol. The lowest BCUT2D eigenvalue weighted by molar-refractivity contribution is 0.0997. The van der Waals surface area contributed by atoms with Gasteiger partial charge in [-0.1, -0.05) is 61.6 Å². The molecule has 1 aliphatic rings. The molecule has 6 nitrogen and oxygen atoms in total. The van der Waals surface area contributed by atoms with E-state index in [4.69, 9.17) is 0 Å². The van der Waals surface area contributed by atoms with Gasteiger partial charge in [0.1, 0.15) is 0 Å². The predicted molar refractivity (Wildman–Crippen MR) is 146 cm³/mol. The Bertz CT molecular complexity index is 1620. The second-order valence-corrected chi connectivity index (χ2v) is 12.5. The van der Waals surface area contributed by atoms with Crippen molar-refractivity contribution < 1.29 is 13.2 Å². The molecule has 1 aromatic heterocycles. The van der Waals surface area contributed by atoms with Gasteiger partial charge in [-0.05, 0) is 54.0 Å². The number of hydrogen-bond acceptors (Lipinski definition) is 4.